The number of rotatable bonds is 3. The van der Waals surface area contributed by atoms with E-state index in [0.717, 1.165) is 5.33 Å². The molecule has 0 atom stereocenters. The Morgan fingerprint density at radius 3 is 2.27 bits per heavy atom. The second-order valence-corrected chi connectivity index (χ2v) is 3.58. The fourth-order valence-electron chi connectivity index (χ4n) is 1.13. The lowest BCUT2D eigenvalue weighted by Gasteiger charge is -1.99. The number of halogens is 1. The molecule has 0 spiro atoms. The quantitative estimate of drug-likeness (QED) is 0.478. The predicted molar refractivity (Wildman–Crippen MR) is 62.5 cm³/mol. The standard InChI is InChI=1S/C12H9BrO2/c13-7-2-1-6-12-10(8-14)4-3-5-11(12)9-15/h3-5,8-9H,2,7H2. The average Bonchev–Trinajstić information content (AvgIpc) is 2.29. The van der Waals surface area contributed by atoms with Gasteiger partial charge in [-0.2, -0.15) is 0 Å². The van der Waals surface area contributed by atoms with Gasteiger partial charge < -0.3 is 0 Å². The van der Waals surface area contributed by atoms with Gasteiger partial charge in [0, 0.05) is 28.4 Å². The van der Waals surface area contributed by atoms with Crippen molar-refractivity contribution in [2.75, 3.05) is 5.33 Å². The Bertz CT molecular complexity index is 401. The first kappa shape index (κ1) is 11.7. The maximum Gasteiger partial charge on any atom is 0.151 e. The molecule has 0 aliphatic heterocycles. The van der Waals surface area contributed by atoms with Crippen LogP contribution in [0, 0.1) is 11.8 Å². The molecule has 0 aromatic heterocycles. The number of hydrogen-bond acceptors (Lipinski definition) is 2. The zero-order valence-corrected chi connectivity index (χ0v) is 9.58. The van der Waals surface area contributed by atoms with E-state index >= 15 is 0 Å². The van der Waals surface area contributed by atoms with E-state index in [1.54, 1.807) is 18.2 Å². The zero-order chi connectivity index (χ0) is 11.1. The molecule has 0 unspecified atom stereocenters. The van der Waals surface area contributed by atoms with Crippen molar-refractivity contribution in [3.05, 3.63) is 34.9 Å². The van der Waals surface area contributed by atoms with Crippen LogP contribution in [-0.2, 0) is 0 Å². The second kappa shape index (κ2) is 6.15. The van der Waals surface area contributed by atoms with Crippen LogP contribution in [0.3, 0.4) is 0 Å². The fourth-order valence-corrected chi connectivity index (χ4v) is 1.33. The maximum atomic E-state index is 10.7. The SMILES string of the molecule is O=Cc1cccc(C=O)c1C#CCCBr. The molecule has 0 bridgehead atoms. The van der Waals surface area contributed by atoms with Gasteiger partial charge in [-0.05, 0) is 0 Å². The van der Waals surface area contributed by atoms with Crippen LogP contribution >= 0.6 is 15.9 Å². The Morgan fingerprint density at radius 2 is 1.80 bits per heavy atom. The van der Waals surface area contributed by atoms with Gasteiger partial charge in [0.05, 0.1) is 0 Å². The zero-order valence-electron chi connectivity index (χ0n) is 8.00. The van der Waals surface area contributed by atoms with Crippen LogP contribution in [0.2, 0.25) is 0 Å². The summed E-state index contributed by atoms with van der Waals surface area (Å²) in [5.74, 6) is 5.73. The average molecular weight is 265 g/mol. The molecule has 15 heavy (non-hydrogen) atoms. The Morgan fingerprint density at radius 1 is 1.20 bits per heavy atom. The molecular weight excluding hydrogens is 256 g/mol. The molecule has 0 N–H and O–H groups in total. The normalized spacial score (nSPS) is 8.87. The first-order chi connectivity index (χ1) is 7.33. The van der Waals surface area contributed by atoms with Gasteiger partial charge >= 0.3 is 0 Å². The van der Waals surface area contributed by atoms with Crippen LogP contribution in [0.5, 0.6) is 0 Å². The van der Waals surface area contributed by atoms with Crippen LogP contribution in [0.1, 0.15) is 32.7 Å². The molecule has 0 saturated heterocycles. The highest BCUT2D eigenvalue weighted by Gasteiger charge is 2.03. The first-order valence-electron chi connectivity index (χ1n) is 4.41. The van der Waals surface area contributed by atoms with Crippen LogP contribution in [0.25, 0.3) is 0 Å². The summed E-state index contributed by atoms with van der Waals surface area (Å²) in [6.07, 6.45) is 2.11. The summed E-state index contributed by atoms with van der Waals surface area (Å²) in [4.78, 5) is 21.5. The molecule has 0 fully saturated rings. The van der Waals surface area contributed by atoms with Gasteiger partial charge in [-0.1, -0.05) is 46.0 Å². The van der Waals surface area contributed by atoms with Crippen molar-refractivity contribution in [1.29, 1.82) is 0 Å². The fraction of sp³-hybridized carbons (Fsp3) is 0.167. The summed E-state index contributed by atoms with van der Waals surface area (Å²) in [5.41, 5.74) is 1.44. The minimum atomic E-state index is 0.460. The molecule has 1 rings (SSSR count). The molecule has 0 aliphatic rings. The number of benzene rings is 1. The number of alkyl halides is 1. The van der Waals surface area contributed by atoms with Gasteiger partial charge in [0.15, 0.2) is 12.6 Å². The Hall–Kier alpha value is -1.40. The monoisotopic (exact) mass is 264 g/mol. The first-order valence-corrected chi connectivity index (χ1v) is 5.54. The summed E-state index contributed by atoms with van der Waals surface area (Å²) in [6, 6.07) is 4.97. The predicted octanol–water partition coefficient (Wildman–Crippen LogP) is 2.45. The summed E-state index contributed by atoms with van der Waals surface area (Å²) in [7, 11) is 0. The summed E-state index contributed by atoms with van der Waals surface area (Å²) < 4.78 is 0. The van der Waals surface area contributed by atoms with Crippen molar-refractivity contribution in [2.24, 2.45) is 0 Å². The van der Waals surface area contributed by atoms with Crippen LogP contribution in [-0.4, -0.2) is 17.9 Å². The van der Waals surface area contributed by atoms with Crippen molar-refractivity contribution >= 4 is 28.5 Å². The number of aldehydes is 2. The van der Waals surface area contributed by atoms with Crippen molar-refractivity contribution < 1.29 is 9.59 Å². The van der Waals surface area contributed by atoms with Crippen LogP contribution in [0.15, 0.2) is 18.2 Å². The highest BCUT2D eigenvalue weighted by atomic mass is 79.9. The lowest BCUT2D eigenvalue weighted by molar-refractivity contribution is 0.112. The number of carbonyl (C=O) groups is 2. The molecule has 1 aromatic carbocycles. The summed E-state index contributed by atoms with van der Waals surface area (Å²) >= 11 is 3.25. The molecule has 0 radical (unpaired) electrons. The molecule has 1 aromatic rings. The molecule has 0 amide bonds. The van der Waals surface area contributed by atoms with E-state index in [2.05, 4.69) is 27.8 Å². The lowest BCUT2D eigenvalue weighted by atomic mass is 10.0. The third-order valence-electron chi connectivity index (χ3n) is 1.82. The summed E-state index contributed by atoms with van der Waals surface area (Å²) in [6.45, 7) is 0. The topological polar surface area (TPSA) is 34.1 Å². The van der Waals surface area contributed by atoms with Crippen LogP contribution in [0.4, 0.5) is 0 Å². The minimum Gasteiger partial charge on any atom is -0.298 e. The number of hydrogen-bond donors (Lipinski definition) is 0. The third-order valence-corrected chi connectivity index (χ3v) is 2.21. The molecule has 2 nitrogen and oxygen atoms in total. The van der Waals surface area contributed by atoms with Crippen molar-refractivity contribution in [2.45, 2.75) is 6.42 Å². The van der Waals surface area contributed by atoms with E-state index in [4.69, 9.17) is 0 Å². The van der Waals surface area contributed by atoms with E-state index in [0.29, 0.717) is 35.7 Å². The third kappa shape index (κ3) is 3.03. The Labute approximate surface area is 96.8 Å². The van der Waals surface area contributed by atoms with E-state index in [1.807, 2.05) is 0 Å². The Balaban J connectivity index is 3.18. The Kier molecular flexibility index (Phi) is 4.79. The molecule has 0 saturated carbocycles. The van der Waals surface area contributed by atoms with Crippen molar-refractivity contribution in [3.8, 4) is 11.8 Å². The molecule has 76 valence electrons. The van der Waals surface area contributed by atoms with E-state index < -0.39 is 0 Å². The molecular formula is C12H9BrO2. The van der Waals surface area contributed by atoms with Crippen molar-refractivity contribution in [3.63, 3.8) is 0 Å². The highest BCUT2D eigenvalue weighted by molar-refractivity contribution is 9.09. The van der Waals surface area contributed by atoms with Gasteiger partial charge in [0.2, 0.25) is 0 Å². The minimum absolute atomic E-state index is 0.460. The second-order valence-electron chi connectivity index (χ2n) is 2.79. The van der Waals surface area contributed by atoms with E-state index in [-0.39, 0.29) is 0 Å². The lowest BCUT2D eigenvalue weighted by Crippen LogP contribution is -1.93. The maximum absolute atomic E-state index is 10.7. The van der Waals surface area contributed by atoms with E-state index in [9.17, 15) is 9.59 Å². The van der Waals surface area contributed by atoms with Gasteiger partial charge in [-0.15, -0.1) is 0 Å². The molecule has 0 aliphatic carbocycles. The number of carbonyl (C=O) groups excluding carboxylic acids is 2. The van der Waals surface area contributed by atoms with Gasteiger partial charge in [0.1, 0.15) is 0 Å². The van der Waals surface area contributed by atoms with E-state index in [1.165, 1.54) is 0 Å². The largest absolute Gasteiger partial charge is 0.298 e. The van der Waals surface area contributed by atoms with Crippen LogP contribution < -0.4 is 0 Å². The highest BCUT2D eigenvalue weighted by Crippen LogP contribution is 2.10. The molecule has 0 heterocycles. The van der Waals surface area contributed by atoms with Gasteiger partial charge in [0.25, 0.3) is 0 Å². The van der Waals surface area contributed by atoms with Crippen molar-refractivity contribution in [1.82, 2.24) is 0 Å². The summed E-state index contributed by atoms with van der Waals surface area (Å²) in [5, 5.41) is 0.777. The van der Waals surface area contributed by atoms with Gasteiger partial charge in [-0.3, -0.25) is 9.59 Å². The van der Waals surface area contributed by atoms with Gasteiger partial charge in [-0.25, -0.2) is 0 Å². The molecule has 3 heteroatoms. The smallest absolute Gasteiger partial charge is 0.151 e.